The molecule has 0 N–H and O–H groups in total. The molecule has 1 atom stereocenters. The second-order valence-electron chi connectivity index (χ2n) is 4.31. The number of hydrogen-bond acceptors (Lipinski definition) is 3. The molecule has 6 heteroatoms. The van der Waals surface area contributed by atoms with Gasteiger partial charge in [0.2, 0.25) is 5.91 Å². The molecule has 0 saturated carbocycles. The third kappa shape index (κ3) is 2.39. The predicted molar refractivity (Wildman–Crippen MR) is 78.3 cm³/mol. The van der Waals surface area contributed by atoms with Gasteiger partial charge in [0.15, 0.2) is 0 Å². The minimum Gasteiger partial charge on any atom is -0.295 e. The molecule has 1 aliphatic rings. The zero-order valence-electron chi connectivity index (χ0n) is 10.3. The van der Waals surface area contributed by atoms with Crippen LogP contribution in [-0.2, 0) is 4.79 Å². The molecule has 1 saturated heterocycles. The molecule has 2 aromatic rings. The van der Waals surface area contributed by atoms with Crippen LogP contribution in [0.4, 0.5) is 10.1 Å². The predicted octanol–water partition coefficient (Wildman–Crippen LogP) is 3.65. The summed E-state index contributed by atoms with van der Waals surface area (Å²) in [4.78, 5) is 17.8. The lowest BCUT2D eigenvalue weighted by atomic mass is 10.2. The third-order valence-electron chi connectivity index (χ3n) is 3.02. The Hall–Kier alpha value is -1.59. The smallest absolute Gasteiger partial charge is 0.238 e. The highest BCUT2D eigenvalue weighted by Gasteiger charge is 2.34. The fourth-order valence-corrected chi connectivity index (χ4v) is 3.44. The van der Waals surface area contributed by atoms with E-state index in [9.17, 15) is 9.18 Å². The normalized spacial score (nSPS) is 18.6. The average molecular weight is 309 g/mol. The van der Waals surface area contributed by atoms with Crippen molar-refractivity contribution in [3.05, 3.63) is 59.1 Å². The van der Waals surface area contributed by atoms with Crippen LogP contribution >= 0.6 is 23.4 Å². The second kappa shape index (κ2) is 5.42. The van der Waals surface area contributed by atoms with Crippen molar-refractivity contribution in [2.45, 2.75) is 5.37 Å². The molecule has 1 aromatic carbocycles. The highest BCUT2D eigenvalue weighted by molar-refractivity contribution is 8.00. The number of carbonyl (C=O) groups is 1. The van der Waals surface area contributed by atoms with Gasteiger partial charge >= 0.3 is 0 Å². The van der Waals surface area contributed by atoms with Crippen LogP contribution in [0.25, 0.3) is 0 Å². The number of benzene rings is 1. The highest BCUT2D eigenvalue weighted by atomic mass is 35.5. The minimum atomic E-state index is -0.493. The summed E-state index contributed by atoms with van der Waals surface area (Å²) in [5, 5.41) is -0.144. The molecule has 3 rings (SSSR count). The van der Waals surface area contributed by atoms with E-state index in [1.54, 1.807) is 23.4 Å². The van der Waals surface area contributed by atoms with E-state index in [4.69, 9.17) is 11.6 Å². The first-order valence-corrected chi connectivity index (χ1v) is 7.38. The Bertz CT molecular complexity index is 653. The van der Waals surface area contributed by atoms with Crippen molar-refractivity contribution in [3.63, 3.8) is 0 Å². The largest absolute Gasteiger partial charge is 0.295 e. The molecule has 1 aromatic heterocycles. The summed E-state index contributed by atoms with van der Waals surface area (Å²) >= 11 is 7.32. The highest BCUT2D eigenvalue weighted by Crippen LogP contribution is 2.42. The van der Waals surface area contributed by atoms with E-state index in [0.29, 0.717) is 11.4 Å². The minimum absolute atomic E-state index is 0.0112. The van der Waals surface area contributed by atoms with Gasteiger partial charge in [-0.25, -0.2) is 4.39 Å². The van der Waals surface area contributed by atoms with Crippen molar-refractivity contribution in [2.75, 3.05) is 10.7 Å². The average Bonchev–Trinajstić information content (AvgIpc) is 2.85. The fraction of sp³-hybridized carbons (Fsp3) is 0.143. The molecule has 2 heterocycles. The van der Waals surface area contributed by atoms with Gasteiger partial charge in [0, 0.05) is 23.6 Å². The van der Waals surface area contributed by atoms with Gasteiger partial charge in [0.1, 0.15) is 11.2 Å². The van der Waals surface area contributed by atoms with E-state index in [1.165, 1.54) is 23.9 Å². The number of pyridine rings is 1. The van der Waals surface area contributed by atoms with Crippen LogP contribution in [0.5, 0.6) is 0 Å². The first-order chi connectivity index (χ1) is 9.66. The summed E-state index contributed by atoms with van der Waals surface area (Å²) in [7, 11) is 0. The number of anilines is 1. The molecule has 3 nitrogen and oxygen atoms in total. The molecule has 0 radical (unpaired) electrons. The van der Waals surface area contributed by atoms with Crippen molar-refractivity contribution < 1.29 is 9.18 Å². The molecular weight excluding hydrogens is 299 g/mol. The summed E-state index contributed by atoms with van der Waals surface area (Å²) in [6.07, 6.45) is 3.42. The van der Waals surface area contributed by atoms with Crippen LogP contribution in [0, 0.1) is 5.82 Å². The Morgan fingerprint density at radius 3 is 2.95 bits per heavy atom. The van der Waals surface area contributed by atoms with Crippen LogP contribution in [0.2, 0.25) is 5.02 Å². The van der Waals surface area contributed by atoms with Crippen molar-refractivity contribution >= 4 is 35.0 Å². The number of hydrogen-bond donors (Lipinski definition) is 0. The first-order valence-electron chi connectivity index (χ1n) is 5.95. The lowest BCUT2D eigenvalue weighted by Crippen LogP contribution is -2.27. The van der Waals surface area contributed by atoms with Crippen molar-refractivity contribution in [2.24, 2.45) is 0 Å². The Labute approximate surface area is 124 Å². The number of halogens is 2. The van der Waals surface area contributed by atoms with Crippen LogP contribution < -0.4 is 4.90 Å². The maximum Gasteiger partial charge on any atom is 0.238 e. The van der Waals surface area contributed by atoms with Crippen LogP contribution in [0.1, 0.15) is 10.9 Å². The third-order valence-corrected chi connectivity index (χ3v) is 4.52. The molecule has 1 amide bonds. The number of thioether (sulfide) groups is 1. The number of nitrogens with zero attached hydrogens (tertiary/aromatic N) is 2. The molecule has 1 unspecified atom stereocenters. The quantitative estimate of drug-likeness (QED) is 0.849. The summed E-state index contributed by atoms with van der Waals surface area (Å²) in [5.41, 5.74) is 1.53. The van der Waals surface area contributed by atoms with Gasteiger partial charge in [0.25, 0.3) is 0 Å². The standard InChI is InChI=1S/C14H10ClFN2OS/c15-11-6-10(3-4-12(11)16)18-13(19)8-20-14(18)9-2-1-5-17-7-9/h1-7,14H,8H2. The van der Waals surface area contributed by atoms with Crippen molar-refractivity contribution in [1.29, 1.82) is 0 Å². The van der Waals surface area contributed by atoms with Gasteiger partial charge < -0.3 is 0 Å². The van der Waals surface area contributed by atoms with E-state index in [1.807, 2.05) is 12.1 Å². The number of carbonyl (C=O) groups excluding carboxylic acids is 1. The Balaban J connectivity index is 2.00. The molecule has 0 bridgehead atoms. The zero-order chi connectivity index (χ0) is 14.1. The Morgan fingerprint density at radius 2 is 2.25 bits per heavy atom. The van der Waals surface area contributed by atoms with Gasteiger partial charge in [-0.2, -0.15) is 0 Å². The number of rotatable bonds is 2. The van der Waals surface area contributed by atoms with Crippen LogP contribution in [0.15, 0.2) is 42.7 Å². The van der Waals surface area contributed by atoms with Gasteiger partial charge in [-0.15, -0.1) is 11.8 Å². The van der Waals surface area contributed by atoms with E-state index in [0.717, 1.165) is 5.56 Å². The lowest BCUT2D eigenvalue weighted by molar-refractivity contribution is -0.115. The zero-order valence-corrected chi connectivity index (χ0v) is 11.9. The summed E-state index contributed by atoms with van der Waals surface area (Å²) in [6, 6.07) is 8.06. The molecule has 1 fully saturated rings. The number of amides is 1. The van der Waals surface area contributed by atoms with E-state index >= 15 is 0 Å². The molecule has 102 valence electrons. The van der Waals surface area contributed by atoms with Crippen molar-refractivity contribution in [3.8, 4) is 0 Å². The van der Waals surface area contributed by atoms with Crippen LogP contribution in [-0.4, -0.2) is 16.6 Å². The topological polar surface area (TPSA) is 33.2 Å². The van der Waals surface area contributed by atoms with Gasteiger partial charge in [-0.3, -0.25) is 14.7 Å². The van der Waals surface area contributed by atoms with E-state index in [-0.39, 0.29) is 16.3 Å². The Morgan fingerprint density at radius 1 is 1.40 bits per heavy atom. The molecular formula is C14H10ClFN2OS. The van der Waals surface area contributed by atoms with E-state index < -0.39 is 5.82 Å². The lowest BCUT2D eigenvalue weighted by Gasteiger charge is -2.24. The molecule has 20 heavy (non-hydrogen) atoms. The van der Waals surface area contributed by atoms with Crippen molar-refractivity contribution in [1.82, 2.24) is 4.98 Å². The summed E-state index contributed by atoms with van der Waals surface area (Å²) in [6.45, 7) is 0. The van der Waals surface area contributed by atoms with Gasteiger partial charge in [0.05, 0.1) is 10.8 Å². The molecule has 0 spiro atoms. The fourth-order valence-electron chi connectivity index (χ4n) is 2.11. The first kappa shape index (κ1) is 13.4. The van der Waals surface area contributed by atoms with Gasteiger partial charge in [-0.05, 0) is 24.3 Å². The van der Waals surface area contributed by atoms with E-state index in [2.05, 4.69) is 4.98 Å². The SMILES string of the molecule is O=C1CSC(c2cccnc2)N1c1ccc(F)c(Cl)c1. The number of aromatic nitrogens is 1. The van der Waals surface area contributed by atoms with Gasteiger partial charge in [-0.1, -0.05) is 17.7 Å². The summed E-state index contributed by atoms with van der Waals surface area (Å²) in [5.74, 6) is -0.131. The molecule has 1 aliphatic heterocycles. The van der Waals surface area contributed by atoms with Crippen LogP contribution in [0.3, 0.4) is 0 Å². The Kier molecular flexibility index (Phi) is 3.63. The summed E-state index contributed by atoms with van der Waals surface area (Å²) < 4.78 is 13.3. The maximum absolute atomic E-state index is 13.3. The monoisotopic (exact) mass is 308 g/mol. The second-order valence-corrected chi connectivity index (χ2v) is 5.79. The maximum atomic E-state index is 13.3. The molecule has 0 aliphatic carbocycles.